The molecule has 0 atom stereocenters. The number of aromatic nitrogens is 1. The molecule has 0 fully saturated rings. The van der Waals surface area contributed by atoms with Crippen molar-refractivity contribution in [3.8, 4) is 11.5 Å². The predicted molar refractivity (Wildman–Crippen MR) is 115 cm³/mol. The summed E-state index contributed by atoms with van der Waals surface area (Å²) in [5.41, 5.74) is 0.522. The van der Waals surface area contributed by atoms with Crippen LogP contribution in [-0.2, 0) is 12.7 Å². The molecule has 0 aliphatic rings. The van der Waals surface area contributed by atoms with Gasteiger partial charge in [0.25, 0.3) is 5.91 Å². The summed E-state index contributed by atoms with van der Waals surface area (Å²) in [7, 11) is 1.39. The van der Waals surface area contributed by atoms with Gasteiger partial charge < -0.3 is 20.5 Å². The van der Waals surface area contributed by atoms with E-state index in [9.17, 15) is 23.1 Å². The fourth-order valence-corrected chi connectivity index (χ4v) is 3.03. The number of phenolic OH excluding ortho intramolecular Hbond substituents is 1. The summed E-state index contributed by atoms with van der Waals surface area (Å²) in [6.07, 6.45) is -4.68. The van der Waals surface area contributed by atoms with Crippen LogP contribution >= 0.6 is 11.6 Å². The smallest absolute Gasteiger partial charge is 0.433 e. The van der Waals surface area contributed by atoms with E-state index in [4.69, 9.17) is 16.3 Å². The molecule has 1 amide bonds. The van der Waals surface area contributed by atoms with Crippen molar-refractivity contribution in [1.29, 1.82) is 0 Å². The number of ether oxygens (including phenoxy) is 1. The van der Waals surface area contributed by atoms with Gasteiger partial charge in [-0.05, 0) is 54.4 Å². The van der Waals surface area contributed by atoms with Gasteiger partial charge in [0.15, 0.2) is 11.5 Å². The molecule has 1 heterocycles. The number of nitrogens with zero attached hydrogens (tertiary/aromatic N) is 1. The number of aromatic hydroxyl groups is 1. The van der Waals surface area contributed by atoms with Crippen LogP contribution in [0.4, 0.5) is 24.7 Å². The first kappa shape index (κ1) is 23.2. The molecular weight excluding hydrogens is 447 g/mol. The number of benzene rings is 2. The Hall–Kier alpha value is -3.46. The molecule has 168 valence electrons. The van der Waals surface area contributed by atoms with Crippen LogP contribution in [0.2, 0.25) is 5.02 Å². The van der Waals surface area contributed by atoms with Gasteiger partial charge in [0.05, 0.1) is 12.7 Å². The Bertz CT molecular complexity index is 1150. The van der Waals surface area contributed by atoms with Gasteiger partial charge >= 0.3 is 6.18 Å². The van der Waals surface area contributed by atoms with Crippen molar-refractivity contribution in [2.45, 2.75) is 19.6 Å². The van der Waals surface area contributed by atoms with Gasteiger partial charge in [0.2, 0.25) is 0 Å². The molecule has 0 saturated heterocycles. The van der Waals surface area contributed by atoms with Crippen molar-refractivity contribution in [3.05, 3.63) is 75.9 Å². The standard InChI is InChI=1S/C22H19ClF3N3O3/c1-12-3-5-14(23)10-16(12)28-20-15(6-8-19(29-20)22(24,25)26)21(31)27-11-13-4-7-17(30)18(9-13)32-2/h3-10,30H,11H2,1-2H3,(H,27,31)(H,28,29). The maximum Gasteiger partial charge on any atom is 0.433 e. The van der Waals surface area contributed by atoms with Gasteiger partial charge in [-0.15, -0.1) is 0 Å². The second-order valence-corrected chi connectivity index (χ2v) is 7.30. The van der Waals surface area contributed by atoms with Crippen molar-refractivity contribution in [2.75, 3.05) is 12.4 Å². The Morgan fingerprint density at radius 3 is 2.59 bits per heavy atom. The van der Waals surface area contributed by atoms with Gasteiger partial charge in [-0.1, -0.05) is 23.7 Å². The van der Waals surface area contributed by atoms with Crippen molar-refractivity contribution in [3.63, 3.8) is 0 Å². The van der Waals surface area contributed by atoms with E-state index in [0.717, 1.165) is 12.1 Å². The molecule has 6 nitrogen and oxygen atoms in total. The van der Waals surface area contributed by atoms with E-state index in [2.05, 4.69) is 15.6 Å². The lowest BCUT2D eigenvalue weighted by Crippen LogP contribution is -2.24. The molecule has 0 saturated carbocycles. The number of carbonyl (C=O) groups excluding carboxylic acids is 1. The Labute approximate surface area is 187 Å². The Morgan fingerprint density at radius 2 is 1.91 bits per heavy atom. The monoisotopic (exact) mass is 465 g/mol. The lowest BCUT2D eigenvalue weighted by Gasteiger charge is -2.16. The highest BCUT2D eigenvalue weighted by Crippen LogP contribution is 2.32. The zero-order valence-electron chi connectivity index (χ0n) is 17.0. The van der Waals surface area contributed by atoms with Crippen LogP contribution in [0.1, 0.15) is 27.2 Å². The summed E-state index contributed by atoms with van der Waals surface area (Å²) in [5, 5.41) is 15.5. The van der Waals surface area contributed by atoms with Crippen molar-refractivity contribution in [1.82, 2.24) is 10.3 Å². The minimum absolute atomic E-state index is 0.0477. The zero-order chi connectivity index (χ0) is 23.5. The molecule has 3 aromatic rings. The second kappa shape index (κ2) is 9.35. The number of pyridine rings is 1. The number of alkyl halides is 3. The molecule has 0 unspecified atom stereocenters. The SMILES string of the molecule is COc1cc(CNC(=O)c2ccc(C(F)(F)F)nc2Nc2cc(Cl)ccc2C)ccc1O. The van der Waals surface area contributed by atoms with Crippen molar-refractivity contribution < 1.29 is 27.8 Å². The third-order valence-corrected chi connectivity index (χ3v) is 4.82. The van der Waals surface area contributed by atoms with E-state index in [0.29, 0.717) is 21.8 Å². The number of rotatable bonds is 6. The summed E-state index contributed by atoms with van der Waals surface area (Å²) in [4.78, 5) is 16.4. The third kappa shape index (κ3) is 5.42. The van der Waals surface area contributed by atoms with Crippen LogP contribution in [0.5, 0.6) is 11.5 Å². The Morgan fingerprint density at radius 1 is 1.16 bits per heavy atom. The van der Waals surface area contributed by atoms with Crippen LogP contribution in [0, 0.1) is 6.92 Å². The average molecular weight is 466 g/mol. The molecule has 0 aliphatic carbocycles. The summed E-state index contributed by atoms with van der Waals surface area (Å²) >= 11 is 5.99. The highest BCUT2D eigenvalue weighted by atomic mass is 35.5. The second-order valence-electron chi connectivity index (χ2n) is 6.86. The van der Waals surface area contributed by atoms with E-state index < -0.39 is 17.8 Å². The molecule has 3 N–H and O–H groups in total. The zero-order valence-corrected chi connectivity index (χ0v) is 17.8. The number of methoxy groups -OCH3 is 1. The highest BCUT2D eigenvalue weighted by Gasteiger charge is 2.33. The van der Waals surface area contributed by atoms with E-state index in [1.54, 1.807) is 25.1 Å². The number of carbonyl (C=O) groups is 1. The topological polar surface area (TPSA) is 83.5 Å². The van der Waals surface area contributed by atoms with Crippen LogP contribution < -0.4 is 15.4 Å². The normalized spacial score (nSPS) is 11.2. The first-order valence-electron chi connectivity index (χ1n) is 9.34. The van der Waals surface area contributed by atoms with Gasteiger partial charge in [-0.25, -0.2) is 4.98 Å². The number of phenols is 1. The van der Waals surface area contributed by atoms with Gasteiger partial charge in [-0.3, -0.25) is 4.79 Å². The summed E-state index contributed by atoms with van der Waals surface area (Å²) in [6.45, 7) is 1.79. The summed E-state index contributed by atoms with van der Waals surface area (Å²) < 4.78 is 44.7. The molecule has 1 aromatic heterocycles. The number of anilines is 2. The van der Waals surface area contributed by atoms with Crippen LogP contribution in [0.25, 0.3) is 0 Å². The number of nitrogens with one attached hydrogen (secondary N) is 2. The fourth-order valence-electron chi connectivity index (χ4n) is 2.86. The molecule has 3 rings (SSSR count). The van der Waals surface area contributed by atoms with Gasteiger partial charge in [-0.2, -0.15) is 13.2 Å². The van der Waals surface area contributed by atoms with E-state index in [1.165, 1.54) is 25.3 Å². The van der Waals surface area contributed by atoms with Gasteiger partial charge in [0.1, 0.15) is 11.5 Å². The molecule has 0 aliphatic heterocycles. The van der Waals surface area contributed by atoms with Crippen molar-refractivity contribution in [2.24, 2.45) is 0 Å². The minimum atomic E-state index is -4.68. The number of hydrogen-bond acceptors (Lipinski definition) is 5. The molecule has 32 heavy (non-hydrogen) atoms. The average Bonchev–Trinajstić information content (AvgIpc) is 2.74. The quantitative estimate of drug-likeness (QED) is 0.451. The van der Waals surface area contributed by atoms with Crippen LogP contribution in [0.3, 0.4) is 0 Å². The number of amides is 1. The number of halogens is 4. The van der Waals surface area contributed by atoms with E-state index >= 15 is 0 Å². The highest BCUT2D eigenvalue weighted by molar-refractivity contribution is 6.30. The largest absolute Gasteiger partial charge is 0.504 e. The maximum absolute atomic E-state index is 13.2. The first-order valence-corrected chi connectivity index (χ1v) is 9.72. The van der Waals surface area contributed by atoms with E-state index in [1.807, 2.05) is 0 Å². The third-order valence-electron chi connectivity index (χ3n) is 4.58. The summed E-state index contributed by atoms with van der Waals surface area (Å²) in [5.74, 6) is -0.726. The van der Waals surface area contributed by atoms with Crippen LogP contribution in [0.15, 0.2) is 48.5 Å². The fraction of sp³-hybridized carbons (Fsp3) is 0.182. The molecule has 0 spiro atoms. The first-order chi connectivity index (χ1) is 15.1. The Kier molecular flexibility index (Phi) is 6.78. The lowest BCUT2D eigenvalue weighted by atomic mass is 10.1. The number of hydrogen-bond donors (Lipinski definition) is 3. The lowest BCUT2D eigenvalue weighted by molar-refractivity contribution is -0.141. The molecular formula is C22H19ClF3N3O3. The summed E-state index contributed by atoms with van der Waals surface area (Å²) in [6, 6.07) is 11.2. The minimum Gasteiger partial charge on any atom is -0.504 e. The number of aryl methyl sites for hydroxylation is 1. The van der Waals surface area contributed by atoms with Gasteiger partial charge in [0, 0.05) is 17.3 Å². The molecule has 2 aromatic carbocycles. The Balaban J connectivity index is 1.90. The molecule has 0 bridgehead atoms. The van der Waals surface area contributed by atoms with Crippen LogP contribution in [-0.4, -0.2) is 23.1 Å². The van der Waals surface area contributed by atoms with Crippen molar-refractivity contribution >= 4 is 29.0 Å². The molecule has 0 radical (unpaired) electrons. The predicted octanol–water partition coefficient (Wildman–Crippen LogP) is 5.45. The van der Waals surface area contributed by atoms with E-state index in [-0.39, 0.29) is 29.4 Å². The molecule has 10 heteroatoms. The maximum atomic E-state index is 13.2.